The second-order valence-corrected chi connectivity index (χ2v) is 4.38. The van der Waals surface area contributed by atoms with Gasteiger partial charge in [-0.05, 0) is 30.2 Å². The van der Waals surface area contributed by atoms with Crippen molar-refractivity contribution in [1.82, 2.24) is 4.98 Å². The van der Waals surface area contributed by atoms with Crippen molar-refractivity contribution in [2.45, 2.75) is 12.5 Å². The van der Waals surface area contributed by atoms with E-state index in [1.165, 1.54) is 0 Å². The molecule has 1 unspecified atom stereocenters. The molecule has 0 saturated carbocycles. The summed E-state index contributed by atoms with van der Waals surface area (Å²) < 4.78 is 0. The van der Waals surface area contributed by atoms with Crippen LogP contribution in [0.2, 0.25) is 5.02 Å². The van der Waals surface area contributed by atoms with Gasteiger partial charge in [0, 0.05) is 34.7 Å². The summed E-state index contributed by atoms with van der Waals surface area (Å²) in [5.74, 6) is 0. The number of aromatic nitrogens is 1. The molecule has 2 rings (SSSR count). The van der Waals surface area contributed by atoms with E-state index < -0.39 is 0 Å². The second-order valence-electron chi connectivity index (χ2n) is 3.94. The van der Waals surface area contributed by atoms with Gasteiger partial charge in [0.15, 0.2) is 0 Å². The molecule has 0 amide bonds. The Labute approximate surface area is 105 Å². The summed E-state index contributed by atoms with van der Waals surface area (Å²) in [5.41, 5.74) is 14.7. The molecular formula is C13H14ClN3. The van der Waals surface area contributed by atoms with Crippen LogP contribution >= 0.6 is 11.6 Å². The Morgan fingerprint density at radius 3 is 2.53 bits per heavy atom. The molecule has 0 aliphatic rings. The summed E-state index contributed by atoms with van der Waals surface area (Å²) in [5, 5.41) is 0.725. The second kappa shape index (κ2) is 5.17. The number of rotatable bonds is 3. The number of anilines is 1. The third-order valence-electron chi connectivity index (χ3n) is 2.66. The van der Waals surface area contributed by atoms with Crippen molar-refractivity contribution in [2.75, 3.05) is 5.73 Å². The lowest BCUT2D eigenvalue weighted by atomic mass is 10.00. The first-order valence-electron chi connectivity index (χ1n) is 5.36. The van der Waals surface area contributed by atoms with E-state index in [1.54, 1.807) is 18.5 Å². The zero-order chi connectivity index (χ0) is 12.3. The van der Waals surface area contributed by atoms with Gasteiger partial charge >= 0.3 is 0 Å². The molecule has 3 nitrogen and oxygen atoms in total. The van der Waals surface area contributed by atoms with Crippen LogP contribution in [0.15, 0.2) is 42.7 Å². The zero-order valence-electron chi connectivity index (χ0n) is 9.31. The molecule has 1 aromatic heterocycles. The summed E-state index contributed by atoms with van der Waals surface area (Å²) in [7, 11) is 0. The third-order valence-corrected chi connectivity index (χ3v) is 2.91. The summed E-state index contributed by atoms with van der Waals surface area (Å²) in [6, 6.07) is 9.26. The first-order valence-corrected chi connectivity index (χ1v) is 5.74. The fourth-order valence-electron chi connectivity index (χ4n) is 1.71. The molecule has 0 fully saturated rings. The van der Waals surface area contributed by atoms with Gasteiger partial charge in [-0.15, -0.1) is 0 Å². The maximum atomic E-state index is 6.11. The minimum atomic E-state index is -0.148. The minimum absolute atomic E-state index is 0.148. The van der Waals surface area contributed by atoms with Crippen LogP contribution in [0.5, 0.6) is 0 Å². The Morgan fingerprint density at radius 1 is 1.18 bits per heavy atom. The average molecular weight is 248 g/mol. The van der Waals surface area contributed by atoms with Crippen molar-refractivity contribution in [3.63, 3.8) is 0 Å². The third kappa shape index (κ3) is 2.96. The Morgan fingerprint density at radius 2 is 1.88 bits per heavy atom. The molecule has 0 aliphatic heterocycles. The van der Waals surface area contributed by atoms with E-state index >= 15 is 0 Å². The summed E-state index contributed by atoms with van der Waals surface area (Å²) in [6.07, 6.45) is 4.09. The van der Waals surface area contributed by atoms with E-state index in [0.717, 1.165) is 16.1 Å². The molecule has 4 heteroatoms. The topological polar surface area (TPSA) is 64.9 Å². The molecule has 2 aromatic rings. The zero-order valence-corrected chi connectivity index (χ0v) is 10.1. The smallest absolute Gasteiger partial charge is 0.0406 e. The average Bonchev–Trinajstić information content (AvgIpc) is 2.32. The van der Waals surface area contributed by atoms with Crippen molar-refractivity contribution in [3.05, 3.63) is 58.9 Å². The van der Waals surface area contributed by atoms with Crippen LogP contribution in [-0.4, -0.2) is 4.98 Å². The number of hydrogen-bond acceptors (Lipinski definition) is 3. The van der Waals surface area contributed by atoms with Gasteiger partial charge in [0.25, 0.3) is 0 Å². The van der Waals surface area contributed by atoms with Crippen molar-refractivity contribution < 1.29 is 0 Å². The number of nitrogen functional groups attached to an aromatic ring is 1. The lowest BCUT2D eigenvalue weighted by molar-refractivity contribution is 0.720. The normalized spacial score (nSPS) is 12.4. The van der Waals surface area contributed by atoms with Crippen molar-refractivity contribution in [1.29, 1.82) is 0 Å². The van der Waals surface area contributed by atoms with Crippen LogP contribution in [0.4, 0.5) is 5.69 Å². The largest absolute Gasteiger partial charge is 0.398 e. The van der Waals surface area contributed by atoms with Crippen molar-refractivity contribution in [2.24, 2.45) is 5.73 Å². The fraction of sp³-hybridized carbons (Fsp3) is 0.154. The maximum absolute atomic E-state index is 6.11. The standard InChI is InChI=1S/C13H14ClN3/c14-10-3-1-9(2-4-10)7-13(16)11-8-17-6-5-12(11)15/h1-6,8,13H,7,16H2,(H2,15,17). The molecule has 0 bridgehead atoms. The van der Waals surface area contributed by atoms with Gasteiger partial charge in [0.1, 0.15) is 0 Å². The van der Waals surface area contributed by atoms with Crippen LogP contribution in [0, 0.1) is 0 Å². The highest BCUT2D eigenvalue weighted by Crippen LogP contribution is 2.21. The molecule has 4 N–H and O–H groups in total. The molecule has 0 saturated heterocycles. The van der Waals surface area contributed by atoms with Gasteiger partial charge in [-0.3, -0.25) is 4.98 Å². The van der Waals surface area contributed by atoms with Crippen LogP contribution in [-0.2, 0) is 6.42 Å². The number of pyridine rings is 1. The number of benzene rings is 1. The highest BCUT2D eigenvalue weighted by atomic mass is 35.5. The lowest BCUT2D eigenvalue weighted by Crippen LogP contribution is -2.15. The van der Waals surface area contributed by atoms with E-state index in [4.69, 9.17) is 23.1 Å². The minimum Gasteiger partial charge on any atom is -0.398 e. The molecule has 1 aromatic carbocycles. The summed E-state index contributed by atoms with van der Waals surface area (Å²) >= 11 is 5.83. The number of nitrogens with two attached hydrogens (primary N) is 2. The molecule has 0 radical (unpaired) electrons. The van der Waals surface area contributed by atoms with Gasteiger partial charge in [-0.1, -0.05) is 23.7 Å². The van der Waals surface area contributed by atoms with Gasteiger partial charge in [-0.2, -0.15) is 0 Å². The number of halogens is 1. The van der Waals surface area contributed by atoms with Crippen LogP contribution < -0.4 is 11.5 Å². The Hall–Kier alpha value is -1.58. The SMILES string of the molecule is Nc1ccncc1C(N)Cc1ccc(Cl)cc1. The quantitative estimate of drug-likeness (QED) is 0.876. The van der Waals surface area contributed by atoms with Gasteiger partial charge in [0.2, 0.25) is 0 Å². The van der Waals surface area contributed by atoms with Crippen LogP contribution in [0.25, 0.3) is 0 Å². The van der Waals surface area contributed by atoms with E-state index in [1.807, 2.05) is 24.3 Å². The summed E-state index contributed by atoms with van der Waals surface area (Å²) in [6.45, 7) is 0. The van der Waals surface area contributed by atoms with Crippen molar-refractivity contribution >= 4 is 17.3 Å². The Bertz CT molecular complexity index is 496. The highest BCUT2D eigenvalue weighted by molar-refractivity contribution is 6.30. The highest BCUT2D eigenvalue weighted by Gasteiger charge is 2.10. The van der Waals surface area contributed by atoms with E-state index in [-0.39, 0.29) is 6.04 Å². The monoisotopic (exact) mass is 247 g/mol. The van der Waals surface area contributed by atoms with Gasteiger partial charge < -0.3 is 11.5 Å². The molecule has 88 valence electrons. The maximum Gasteiger partial charge on any atom is 0.0406 e. The Balaban J connectivity index is 2.14. The summed E-state index contributed by atoms with van der Waals surface area (Å²) in [4.78, 5) is 4.04. The van der Waals surface area contributed by atoms with E-state index in [2.05, 4.69) is 4.98 Å². The van der Waals surface area contributed by atoms with E-state index in [9.17, 15) is 0 Å². The predicted molar refractivity (Wildman–Crippen MR) is 70.7 cm³/mol. The molecule has 1 heterocycles. The Kier molecular flexibility index (Phi) is 3.61. The molecular weight excluding hydrogens is 234 g/mol. The predicted octanol–water partition coefficient (Wildman–Crippen LogP) is 2.56. The fourth-order valence-corrected chi connectivity index (χ4v) is 1.84. The van der Waals surface area contributed by atoms with E-state index in [0.29, 0.717) is 12.1 Å². The van der Waals surface area contributed by atoms with Crippen LogP contribution in [0.3, 0.4) is 0 Å². The molecule has 0 aliphatic carbocycles. The first-order chi connectivity index (χ1) is 8.16. The van der Waals surface area contributed by atoms with Crippen molar-refractivity contribution in [3.8, 4) is 0 Å². The van der Waals surface area contributed by atoms with Crippen LogP contribution in [0.1, 0.15) is 17.2 Å². The number of nitrogens with zero attached hydrogens (tertiary/aromatic N) is 1. The first kappa shape index (κ1) is 11.9. The number of hydrogen-bond donors (Lipinski definition) is 2. The van der Waals surface area contributed by atoms with Gasteiger partial charge in [-0.25, -0.2) is 0 Å². The lowest BCUT2D eigenvalue weighted by Gasteiger charge is -2.13. The van der Waals surface area contributed by atoms with Gasteiger partial charge in [0.05, 0.1) is 0 Å². The molecule has 1 atom stereocenters. The molecule has 17 heavy (non-hydrogen) atoms. The molecule has 0 spiro atoms.